The van der Waals surface area contributed by atoms with Gasteiger partial charge in [-0.25, -0.2) is 0 Å². The highest BCUT2D eigenvalue weighted by molar-refractivity contribution is 5.94. The van der Waals surface area contributed by atoms with Crippen LogP contribution in [-0.2, 0) is 4.79 Å². The van der Waals surface area contributed by atoms with Gasteiger partial charge in [0.25, 0.3) is 0 Å². The van der Waals surface area contributed by atoms with E-state index in [1.807, 2.05) is 45.0 Å². The fourth-order valence-corrected chi connectivity index (χ4v) is 1.87. The SMILES string of the molecule is Cc1ccc(NC(=O)C(C)NC(C)CCCO)cc1. The number of aliphatic hydroxyl groups is 1. The summed E-state index contributed by atoms with van der Waals surface area (Å²) in [7, 11) is 0. The first-order valence-electron chi connectivity index (χ1n) is 6.77. The van der Waals surface area contributed by atoms with E-state index in [1.54, 1.807) is 0 Å². The first kappa shape index (κ1) is 15.7. The predicted octanol–water partition coefficient (Wildman–Crippen LogP) is 2.07. The summed E-state index contributed by atoms with van der Waals surface area (Å²) >= 11 is 0. The van der Waals surface area contributed by atoms with Crippen LogP contribution >= 0.6 is 0 Å². The zero-order chi connectivity index (χ0) is 14.3. The van der Waals surface area contributed by atoms with E-state index < -0.39 is 0 Å². The predicted molar refractivity (Wildman–Crippen MR) is 78.2 cm³/mol. The lowest BCUT2D eigenvalue weighted by atomic mass is 10.1. The average Bonchev–Trinajstić information content (AvgIpc) is 2.39. The molecular weight excluding hydrogens is 240 g/mol. The van der Waals surface area contributed by atoms with Crippen molar-refractivity contribution in [3.63, 3.8) is 0 Å². The molecule has 0 saturated heterocycles. The minimum absolute atomic E-state index is 0.0419. The number of anilines is 1. The third-order valence-corrected chi connectivity index (χ3v) is 3.04. The van der Waals surface area contributed by atoms with Gasteiger partial charge in [0.1, 0.15) is 0 Å². The monoisotopic (exact) mass is 264 g/mol. The topological polar surface area (TPSA) is 61.4 Å². The first-order chi connectivity index (χ1) is 9.02. The molecule has 4 heteroatoms. The van der Waals surface area contributed by atoms with Crippen LogP contribution in [0.2, 0.25) is 0 Å². The molecule has 1 aromatic rings. The molecule has 3 N–H and O–H groups in total. The number of rotatable bonds is 7. The zero-order valence-electron chi connectivity index (χ0n) is 11.9. The summed E-state index contributed by atoms with van der Waals surface area (Å²) in [6, 6.07) is 7.69. The van der Waals surface area contributed by atoms with Crippen molar-refractivity contribution < 1.29 is 9.90 Å². The Bertz CT molecular complexity index is 390. The van der Waals surface area contributed by atoms with Gasteiger partial charge in [0.05, 0.1) is 6.04 Å². The van der Waals surface area contributed by atoms with Crippen LogP contribution < -0.4 is 10.6 Å². The minimum atomic E-state index is -0.255. The normalized spacial score (nSPS) is 13.9. The van der Waals surface area contributed by atoms with Crippen LogP contribution in [0.15, 0.2) is 24.3 Å². The molecule has 0 aliphatic carbocycles. The molecule has 0 heterocycles. The summed E-state index contributed by atoms with van der Waals surface area (Å²) in [5.41, 5.74) is 1.98. The van der Waals surface area contributed by atoms with Crippen molar-refractivity contribution in [1.82, 2.24) is 5.32 Å². The van der Waals surface area contributed by atoms with Crippen molar-refractivity contribution in [2.75, 3.05) is 11.9 Å². The third kappa shape index (κ3) is 5.85. The second kappa shape index (κ2) is 7.92. The van der Waals surface area contributed by atoms with E-state index in [4.69, 9.17) is 5.11 Å². The van der Waals surface area contributed by atoms with Gasteiger partial charge in [-0.05, 0) is 45.7 Å². The number of aryl methyl sites for hydroxylation is 1. The molecule has 0 aliphatic heterocycles. The highest BCUT2D eigenvalue weighted by Gasteiger charge is 2.15. The van der Waals surface area contributed by atoms with Gasteiger partial charge in [-0.1, -0.05) is 17.7 Å². The van der Waals surface area contributed by atoms with Crippen molar-refractivity contribution in [3.8, 4) is 0 Å². The number of carbonyl (C=O) groups is 1. The van der Waals surface area contributed by atoms with Crippen LogP contribution in [0, 0.1) is 6.92 Å². The van der Waals surface area contributed by atoms with Crippen LogP contribution in [0.25, 0.3) is 0 Å². The van der Waals surface area contributed by atoms with Gasteiger partial charge >= 0.3 is 0 Å². The fourth-order valence-electron chi connectivity index (χ4n) is 1.87. The van der Waals surface area contributed by atoms with Gasteiger partial charge in [-0.2, -0.15) is 0 Å². The number of carbonyl (C=O) groups excluding carboxylic acids is 1. The summed E-state index contributed by atoms with van der Waals surface area (Å²) in [6.45, 7) is 6.07. The lowest BCUT2D eigenvalue weighted by Crippen LogP contribution is -2.42. The molecule has 19 heavy (non-hydrogen) atoms. The average molecular weight is 264 g/mol. The van der Waals surface area contributed by atoms with E-state index in [1.165, 1.54) is 5.56 Å². The van der Waals surface area contributed by atoms with Crippen LogP contribution in [0.4, 0.5) is 5.69 Å². The summed E-state index contributed by atoms with van der Waals surface area (Å²) in [5.74, 6) is -0.0419. The van der Waals surface area contributed by atoms with Crippen molar-refractivity contribution in [3.05, 3.63) is 29.8 Å². The molecule has 2 atom stereocenters. The van der Waals surface area contributed by atoms with Gasteiger partial charge in [0, 0.05) is 18.3 Å². The number of benzene rings is 1. The summed E-state index contributed by atoms with van der Waals surface area (Å²) in [4.78, 5) is 12.0. The van der Waals surface area contributed by atoms with Crippen LogP contribution in [-0.4, -0.2) is 29.7 Å². The molecule has 4 nitrogen and oxygen atoms in total. The lowest BCUT2D eigenvalue weighted by molar-refractivity contribution is -0.117. The smallest absolute Gasteiger partial charge is 0.241 e. The molecule has 0 aromatic heterocycles. The summed E-state index contributed by atoms with van der Waals surface area (Å²) in [5, 5.41) is 14.9. The Kier molecular flexibility index (Phi) is 6.53. The second-order valence-electron chi connectivity index (χ2n) is 5.01. The van der Waals surface area contributed by atoms with Crippen LogP contribution in [0.3, 0.4) is 0 Å². The maximum Gasteiger partial charge on any atom is 0.241 e. The summed E-state index contributed by atoms with van der Waals surface area (Å²) < 4.78 is 0. The quantitative estimate of drug-likeness (QED) is 0.706. The maximum atomic E-state index is 12.0. The number of amides is 1. The Balaban J connectivity index is 2.42. The highest BCUT2D eigenvalue weighted by atomic mass is 16.2. The Morgan fingerprint density at radius 2 is 1.89 bits per heavy atom. The minimum Gasteiger partial charge on any atom is -0.396 e. The highest BCUT2D eigenvalue weighted by Crippen LogP contribution is 2.09. The Morgan fingerprint density at radius 3 is 2.47 bits per heavy atom. The van der Waals surface area contributed by atoms with Crippen LogP contribution in [0.5, 0.6) is 0 Å². The number of hydrogen-bond donors (Lipinski definition) is 3. The lowest BCUT2D eigenvalue weighted by Gasteiger charge is -2.19. The first-order valence-corrected chi connectivity index (χ1v) is 6.77. The number of hydrogen-bond acceptors (Lipinski definition) is 3. The standard InChI is InChI=1S/C15H24N2O2/c1-11-6-8-14(9-7-11)17-15(19)13(3)16-12(2)5-4-10-18/h6-9,12-13,16,18H,4-5,10H2,1-3H3,(H,17,19). The largest absolute Gasteiger partial charge is 0.396 e. The molecule has 0 bridgehead atoms. The second-order valence-corrected chi connectivity index (χ2v) is 5.01. The van der Waals surface area contributed by atoms with E-state index in [0.29, 0.717) is 0 Å². The van der Waals surface area contributed by atoms with Crippen molar-refractivity contribution in [1.29, 1.82) is 0 Å². The molecule has 0 spiro atoms. The van der Waals surface area contributed by atoms with Gasteiger partial charge in [-0.3, -0.25) is 4.79 Å². The molecule has 0 saturated carbocycles. The van der Waals surface area contributed by atoms with Crippen LogP contribution in [0.1, 0.15) is 32.3 Å². The number of aliphatic hydroxyl groups excluding tert-OH is 1. The Hall–Kier alpha value is -1.39. The molecule has 0 fully saturated rings. The Morgan fingerprint density at radius 1 is 1.26 bits per heavy atom. The molecule has 2 unspecified atom stereocenters. The number of nitrogens with one attached hydrogen (secondary N) is 2. The van der Waals surface area contributed by atoms with E-state index in [9.17, 15) is 4.79 Å². The van der Waals surface area contributed by atoms with Crippen molar-refractivity contribution in [2.45, 2.75) is 45.7 Å². The van der Waals surface area contributed by atoms with Crippen molar-refractivity contribution >= 4 is 11.6 Å². The molecule has 0 radical (unpaired) electrons. The van der Waals surface area contributed by atoms with E-state index in [-0.39, 0.29) is 24.6 Å². The maximum absolute atomic E-state index is 12.0. The molecule has 1 rings (SSSR count). The van der Waals surface area contributed by atoms with E-state index in [0.717, 1.165) is 18.5 Å². The van der Waals surface area contributed by atoms with Gasteiger partial charge in [0.15, 0.2) is 0 Å². The molecule has 1 amide bonds. The van der Waals surface area contributed by atoms with E-state index >= 15 is 0 Å². The van der Waals surface area contributed by atoms with Gasteiger partial charge in [0.2, 0.25) is 5.91 Å². The summed E-state index contributed by atoms with van der Waals surface area (Å²) in [6.07, 6.45) is 1.61. The Labute approximate surface area is 115 Å². The van der Waals surface area contributed by atoms with Gasteiger partial charge in [-0.15, -0.1) is 0 Å². The molecule has 1 aromatic carbocycles. The van der Waals surface area contributed by atoms with Gasteiger partial charge < -0.3 is 15.7 Å². The van der Waals surface area contributed by atoms with Crippen molar-refractivity contribution in [2.24, 2.45) is 0 Å². The molecule has 0 aliphatic rings. The van der Waals surface area contributed by atoms with E-state index in [2.05, 4.69) is 10.6 Å². The zero-order valence-corrected chi connectivity index (χ0v) is 11.9. The molecular formula is C15H24N2O2. The molecule has 106 valence electrons. The third-order valence-electron chi connectivity index (χ3n) is 3.04. The fraction of sp³-hybridized carbons (Fsp3) is 0.533.